The number of amides is 2. The van der Waals surface area contributed by atoms with E-state index < -0.39 is 0 Å². The zero-order valence-corrected chi connectivity index (χ0v) is 15.5. The van der Waals surface area contributed by atoms with E-state index in [4.69, 9.17) is 11.6 Å². The number of nitrogens with zero attached hydrogens (tertiary/aromatic N) is 2. The largest absolute Gasteiger partial charge is 0.347 e. The van der Waals surface area contributed by atoms with E-state index in [1.807, 2.05) is 48.5 Å². The van der Waals surface area contributed by atoms with Crippen LogP contribution in [0.4, 0.5) is 5.69 Å². The van der Waals surface area contributed by atoms with Crippen LogP contribution in [0.1, 0.15) is 26.5 Å². The fraction of sp³-hybridized carbons (Fsp3) is 0.0952. The number of aromatic nitrogens is 1. The van der Waals surface area contributed by atoms with Crippen molar-refractivity contribution in [2.75, 3.05) is 11.9 Å². The van der Waals surface area contributed by atoms with E-state index in [2.05, 4.69) is 10.3 Å². The van der Waals surface area contributed by atoms with Crippen LogP contribution >= 0.6 is 11.6 Å². The lowest BCUT2D eigenvalue weighted by molar-refractivity contribution is 0.0945. The Morgan fingerprint density at radius 3 is 2.33 bits per heavy atom. The van der Waals surface area contributed by atoms with Crippen molar-refractivity contribution in [2.45, 2.75) is 6.54 Å². The summed E-state index contributed by atoms with van der Waals surface area (Å²) < 4.78 is 0. The number of hydrogen-bond acceptors (Lipinski definition) is 3. The van der Waals surface area contributed by atoms with Gasteiger partial charge in [-0.15, -0.1) is 0 Å². The van der Waals surface area contributed by atoms with Gasteiger partial charge in [-0.2, -0.15) is 0 Å². The Labute approximate surface area is 162 Å². The molecule has 27 heavy (non-hydrogen) atoms. The first-order chi connectivity index (χ1) is 13.1. The van der Waals surface area contributed by atoms with Crippen LogP contribution in [-0.2, 0) is 6.54 Å². The zero-order chi connectivity index (χ0) is 19.2. The second kappa shape index (κ2) is 8.47. The van der Waals surface area contributed by atoms with Gasteiger partial charge in [0.05, 0.1) is 0 Å². The SMILES string of the molecule is CN(C(=O)c1cccc(C(=O)NCc2ccccc2Cl)n1)c1ccccc1. The third-order valence-electron chi connectivity index (χ3n) is 4.05. The summed E-state index contributed by atoms with van der Waals surface area (Å²) in [5.41, 5.74) is 1.93. The van der Waals surface area contributed by atoms with E-state index >= 15 is 0 Å². The molecule has 0 radical (unpaired) electrons. The van der Waals surface area contributed by atoms with E-state index in [-0.39, 0.29) is 29.7 Å². The molecule has 3 aromatic rings. The normalized spacial score (nSPS) is 10.3. The molecule has 1 N–H and O–H groups in total. The Bertz CT molecular complexity index is 960. The highest BCUT2D eigenvalue weighted by atomic mass is 35.5. The monoisotopic (exact) mass is 379 g/mol. The third kappa shape index (κ3) is 4.51. The number of carbonyl (C=O) groups excluding carboxylic acids is 2. The molecule has 3 rings (SSSR count). The number of carbonyl (C=O) groups is 2. The van der Waals surface area contributed by atoms with Crippen molar-refractivity contribution in [1.29, 1.82) is 0 Å². The number of halogens is 1. The van der Waals surface area contributed by atoms with Crippen LogP contribution in [0.25, 0.3) is 0 Å². The number of benzene rings is 2. The summed E-state index contributed by atoms with van der Waals surface area (Å²) in [5, 5.41) is 3.35. The maximum absolute atomic E-state index is 12.7. The topological polar surface area (TPSA) is 62.3 Å². The van der Waals surface area contributed by atoms with Crippen molar-refractivity contribution in [3.05, 3.63) is 94.8 Å². The molecule has 0 bridgehead atoms. The number of pyridine rings is 1. The maximum atomic E-state index is 12.7. The first-order valence-electron chi connectivity index (χ1n) is 8.38. The first-order valence-corrected chi connectivity index (χ1v) is 8.76. The van der Waals surface area contributed by atoms with Crippen LogP contribution in [0.3, 0.4) is 0 Å². The molecule has 0 fully saturated rings. The van der Waals surface area contributed by atoms with Gasteiger partial charge in [0.15, 0.2) is 0 Å². The fourth-order valence-electron chi connectivity index (χ4n) is 2.53. The quantitative estimate of drug-likeness (QED) is 0.730. The summed E-state index contributed by atoms with van der Waals surface area (Å²) >= 11 is 6.10. The summed E-state index contributed by atoms with van der Waals surface area (Å²) in [5.74, 6) is -0.658. The van der Waals surface area contributed by atoms with Crippen molar-refractivity contribution < 1.29 is 9.59 Å². The van der Waals surface area contributed by atoms with Gasteiger partial charge in [-0.05, 0) is 35.9 Å². The van der Waals surface area contributed by atoms with Gasteiger partial charge in [-0.1, -0.05) is 54.1 Å². The number of rotatable bonds is 5. The number of para-hydroxylation sites is 1. The molecule has 0 unspecified atom stereocenters. The van der Waals surface area contributed by atoms with Crippen LogP contribution in [0, 0.1) is 0 Å². The van der Waals surface area contributed by atoms with Crippen molar-refractivity contribution in [2.24, 2.45) is 0 Å². The van der Waals surface area contributed by atoms with Gasteiger partial charge in [0.1, 0.15) is 11.4 Å². The minimum Gasteiger partial charge on any atom is -0.347 e. The Hall–Kier alpha value is -3.18. The molecule has 1 heterocycles. The maximum Gasteiger partial charge on any atom is 0.276 e. The van der Waals surface area contributed by atoms with Gasteiger partial charge >= 0.3 is 0 Å². The van der Waals surface area contributed by atoms with E-state index in [1.54, 1.807) is 31.3 Å². The van der Waals surface area contributed by atoms with Crippen LogP contribution in [0.5, 0.6) is 0 Å². The van der Waals surface area contributed by atoms with Crippen molar-refractivity contribution >= 4 is 29.1 Å². The molecular formula is C21H18ClN3O2. The molecule has 0 saturated carbocycles. The molecule has 0 aliphatic heterocycles. The van der Waals surface area contributed by atoms with Crippen molar-refractivity contribution in [1.82, 2.24) is 10.3 Å². The molecular weight excluding hydrogens is 362 g/mol. The molecule has 136 valence electrons. The lowest BCUT2D eigenvalue weighted by Crippen LogP contribution is -2.29. The summed E-state index contributed by atoms with van der Waals surface area (Å²) in [6.45, 7) is 0.280. The smallest absolute Gasteiger partial charge is 0.276 e. The molecule has 2 aromatic carbocycles. The number of nitrogens with one attached hydrogen (secondary N) is 1. The first kappa shape index (κ1) is 18.6. The molecule has 0 aliphatic carbocycles. The second-order valence-electron chi connectivity index (χ2n) is 5.88. The van der Waals surface area contributed by atoms with Gasteiger partial charge in [-0.3, -0.25) is 9.59 Å². The van der Waals surface area contributed by atoms with E-state index in [1.165, 1.54) is 4.90 Å². The number of hydrogen-bond donors (Lipinski definition) is 1. The average Bonchev–Trinajstić information content (AvgIpc) is 2.72. The summed E-state index contributed by atoms with van der Waals surface area (Å²) in [6, 6.07) is 21.3. The van der Waals surface area contributed by atoms with Gasteiger partial charge in [-0.25, -0.2) is 4.98 Å². The van der Waals surface area contributed by atoms with Crippen LogP contribution in [0.2, 0.25) is 5.02 Å². The third-order valence-corrected chi connectivity index (χ3v) is 4.41. The highest BCUT2D eigenvalue weighted by Crippen LogP contribution is 2.15. The highest BCUT2D eigenvalue weighted by Gasteiger charge is 2.17. The van der Waals surface area contributed by atoms with Gasteiger partial charge in [0.25, 0.3) is 11.8 Å². The van der Waals surface area contributed by atoms with E-state index in [0.717, 1.165) is 11.3 Å². The Morgan fingerprint density at radius 1 is 0.926 bits per heavy atom. The Balaban J connectivity index is 1.72. The summed E-state index contributed by atoms with van der Waals surface area (Å²) in [7, 11) is 1.67. The lowest BCUT2D eigenvalue weighted by atomic mass is 10.2. The zero-order valence-electron chi connectivity index (χ0n) is 14.7. The fourth-order valence-corrected chi connectivity index (χ4v) is 2.73. The molecule has 0 saturated heterocycles. The predicted molar refractivity (Wildman–Crippen MR) is 106 cm³/mol. The van der Waals surface area contributed by atoms with Crippen molar-refractivity contribution in [3.63, 3.8) is 0 Å². The number of anilines is 1. The summed E-state index contributed by atoms with van der Waals surface area (Å²) in [6.07, 6.45) is 0. The molecule has 0 aliphatic rings. The molecule has 0 spiro atoms. The highest BCUT2D eigenvalue weighted by molar-refractivity contribution is 6.31. The molecule has 5 nitrogen and oxygen atoms in total. The lowest BCUT2D eigenvalue weighted by Gasteiger charge is -2.17. The van der Waals surface area contributed by atoms with Crippen molar-refractivity contribution in [3.8, 4) is 0 Å². The standard InChI is InChI=1S/C21H18ClN3O2/c1-25(16-9-3-2-4-10-16)21(27)19-13-7-12-18(24-19)20(26)23-14-15-8-5-6-11-17(15)22/h2-13H,14H2,1H3,(H,23,26). The van der Waals surface area contributed by atoms with E-state index in [9.17, 15) is 9.59 Å². The molecule has 6 heteroatoms. The average molecular weight is 380 g/mol. The molecule has 0 atom stereocenters. The predicted octanol–water partition coefficient (Wildman–Crippen LogP) is 3.94. The second-order valence-corrected chi connectivity index (χ2v) is 6.29. The molecule has 2 amide bonds. The summed E-state index contributed by atoms with van der Waals surface area (Å²) in [4.78, 5) is 30.8. The Morgan fingerprint density at radius 2 is 1.59 bits per heavy atom. The van der Waals surface area contributed by atoms with Crippen LogP contribution in [0.15, 0.2) is 72.8 Å². The molecule has 1 aromatic heterocycles. The minimum atomic E-state index is -0.369. The minimum absolute atomic E-state index is 0.175. The van der Waals surface area contributed by atoms with Gasteiger partial charge < -0.3 is 10.2 Å². The Kier molecular flexibility index (Phi) is 5.84. The van der Waals surface area contributed by atoms with Crippen LogP contribution in [-0.4, -0.2) is 23.8 Å². The van der Waals surface area contributed by atoms with Gasteiger partial charge in [0.2, 0.25) is 0 Å². The van der Waals surface area contributed by atoms with E-state index in [0.29, 0.717) is 5.02 Å². The van der Waals surface area contributed by atoms with Gasteiger partial charge in [0, 0.05) is 24.3 Å². The van der Waals surface area contributed by atoms with Crippen LogP contribution < -0.4 is 10.2 Å².